The topological polar surface area (TPSA) is 149 Å². The summed E-state index contributed by atoms with van der Waals surface area (Å²) in [7, 11) is 0. The van der Waals surface area contributed by atoms with E-state index in [9.17, 15) is 19.2 Å². The van der Waals surface area contributed by atoms with Crippen LogP contribution in [0.5, 0.6) is 0 Å². The molecule has 0 saturated heterocycles. The molecule has 1 aliphatic carbocycles. The summed E-state index contributed by atoms with van der Waals surface area (Å²) in [5.41, 5.74) is 0.744. The van der Waals surface area contributed by atoms with Gasteiger partial charge in [0.05, 0.1) is 11.1 Å². The molecule has 4 N–H and O–H groups in total. The van der Waals surface area contributed by atoms with Gasteiger partial charge in [-0.1, -0.05) is 55.7 Å². The fourth-order valence-corrected chi connectivity index (χ4v) is 3.34. The summed E-state index contributed by atoms with van der Waals surface area (Å²) < 4.78 is 0. The van der Waals surface area contributed by atoms with E-state index in [4.69, 9.17) is 20.4 Å². The minimum absolute atomic E-state index is 0.243. The van der Waals surface area contributed by atoms with Crippen molar-refractivity contribution in [1.29, 1.82) is 0 Å². The molecule has 0 bridgehead atoms. The molecule has 0 aliphatic heterocycles. The quantitative estimate of drug-likeness (QED) is 0.382. The lowest BCUT2D eigenvalue weighted by Gasteiger charge is -2.28. The summed E-state index contributed by atoms with van der Waals surface area (Å²) in [6, 6.07) is 13.0. The van der Waals surface area contributed by atoms with Crippen LogP contribution in [0.4, 0.5) is 0 Å². The van der Waals surface area contributed by atoms with E-state index in [0.717, 1.165) is 17.5 Å². The standard InChI is InChI=1S/C16H12O4.C8H12O4/c17-15(18)13-7-3-11(4-8-13)1-2-12-5-9-14(10-6-12)16(19)20;9-6(10)8(7(11)12)4-2-1-3-5-8/h1-10H,(H,17,18)(H,19,20);1-5H2,(H,9,10)(H,11,12). The molecule has 1 saturated carbocycles. The van der Waals surface area contributed by atoms with Crippen LogP contribution in [0.2, 0.25) is 0 Å². The van der Waals surface area contributed by atoms with E-state index in [0.29, 0.717) is 12.8 Å². The Morgan fingerprint density at radius 3 is 1.19 bits per heavy atom. The van der Waals surface area contributed by atoms with E-state index in [1.54, 1.807) is 24.3 Å². The van der Waals surface area contributed by atoms with E-state index in [1.165, 1.54) is 24.3 Å². The van der Waals surface area contributed by atoms with Crippen molar-refractivity contribution in [2.45, 2.75) is 32.1 Å². The Hall–Kier alpha value is -3.94. The van der Waals surface area contributed by atoms with Gasteiger partial charge in [-0.25, -0.2) is 9.59 Å². The van der Waals surface area contributed by atoms with Gasteiger partial charge in [0.1, 0.15) is 0 Å². The molecule has 3 rings (SSSR count). The van der Waals surface area contributed by atoms with Crippen molar-refractivity contribution in [3.8, 4) is 0 Å². The number of carboxylic acids is 4. The maximum Gasteiger partial charge on any atom is 0.335 e. The molecule has 8 nitrogen and oxygen atoms in total. The number of carboxylic acid groups (broad SMARTS) is 4. The molecule has 1 aliphatic rings. The molecule has 0 radical (unpaired) electrons. The second-order valence-electron chi connectivity index (χ2n) is 7.44. The number of hydrogen-bond donors (Lipinski definition) is 4. The van der Waals surface area contributed by atoms with E-state index in [1.807, 2.05) is 12.2 Å². The van der Waals surface area contributed by atoms with Gasteiger partial charge in [0.2, 0.25) is 0 Å². The van der Waals surface area contributed by atoms with Crippen molar-refractivity contribution in [2.75, 3.05) is 0 Å². The highest BCUT2D eigenvalue weighted by Crippen LogP contribution is 2.36. The highest BCUT2D eigenvalue weighted by Gasteiger charge is 2.46. The minimum Gasteiger partial charge on any atom is -0.480 e. The number of aliphatic carboxylic acids is 2. The first-order valence-corrected chi connectivity index (χ1v) is 9.97. The molecule has 32 heavy (non-hydrogen) atoms. The average Bonchev–Trinajstić information content (AvgIpc) is 2.79. The molecule has 8 heteroatoms. The third kappa shape index (κ3) is 6.28. The van der Waals surface area contributed by atoms with Gasteiger partial charge < -0.3 is 20.4 Å². The Balaban J connectivity index is 0.000000258. The van der Waals surface area contributed by atoms with Gasteiger partial charge in [0, 0.05) is 0 Å². The Morgan fingerprint density at radius 1 is 0.594 bits per heavy atom. The second kappa shape index (κ2) is 10.9. The molecule has 2 aromatic rings. The predicted octanol–water partition coefficient (Wildman–Crippen LogP) is 4.36. The SMILES string of the molecule is O=C(O)C1(C(=O)O)CCCCC1.O=C(O)c1ccc(C=Cc2ccc(C(=O)O)cc2)cc1. The Bertz CT molecular complexity index is 922. The van der Waals surface area contributed by atoms with E-state index < -0.39 is 29.3 Å². The smallest absolute Gasteiger partial charge is 0.335 e. The van der Waals surface area contributed by atoms with Crippen molar-refractivity contribution in [3.05, 3.63) is 70.8 Å². The molecule has 1 fully saturated rings. The van der Waals surface area contributed by atoms with Crippen LogP contribution in [0.3, 0.4) is 0 Å². The molecule has 168 valence electrons. The number of benzene rings is 2. The van der Waals surface area contributed by atoms with Crippen molar-refractivity contribution < 1.29 is 39.6 Å². The van der Waals surface area contributed by atoms with Crippen LogP contribution in [0.15, 0.2) is 48.5 Å². The van der Waals surface area contributed by atoms with Crippen LogP contribution in [0, 0.1) is 5.41 Å². The zero-order chi connectivity index (χ0) is 23.7. The fourth-order valence-electron chi connectivity index (χ4n) is 3.34. The molecule has 0 unspecified atom stereocenters. The van der Waals surface area contributed by atoms with Gasteiger partial charge in [-0.15, -0.1) is 0 Å². The molecular weight excluding hydrogens is 416 g/mol. The normalized spacial score (nSPS) is 14.8. The largest absolute Gasteiger partial charge is 0.480 e. The molecule has 2 aromatic carbocycles. The summed E-state index contributed by atoms with van der Waals surface area (Å²) in [4.78, 5) is 42.9. The van der Waals surface area contributed by atoms with Crippen molar-refractivity contribution in [2.24, 2.45) is 5.41 Å². The van der Waals surface area contributed by atoms with Gasteiger partial charge in [0.25, 0.3) is 0 Å². The molecule has 0 aromatic heterocycles. The minimum atomic E-state index is -1.49. The van der Waals surface area contributed by atoms with E-state index >= 15 is 0 Å². The first-order valence-electron chi connectivity index (χ1n) is 9.97. The van der Waals surface area contributed by atoms with Crippen LogP contribution < -0.4 is 0 Å². The van der Waals surface area contributed by atoms with Gasteiger partial charge >= 0.3 is 23.9 Å². The van der Waals surface area contributed by atoms with Crippen molar-refractivity contribution >= 4 is 36.0 Å². The second-order valence-corrected chi connectivity index (χ2v) is 7.44. The Labute approximate surface area is 184 Å². The average molecular weight is 440 g/mol. The third-order valence-corrected chi connectivity index (χ3v) is 5.31. The molecule has 0 atom stereocenters. The fraction of sp³-hybridized carbons (Fsp3) is 0.250. The van der Waals surface area contributed by atoms with Gasteiger partial charge in [-0.3, -0.25) is 9.59 Å². The lowest BCUT2D eigenvalue weighted by Crippen LogP contribution is -2.40. The first-order chi connectivity index (χ1) is 15.2. The van der Waals surface area contributed by atoms with Crippen molar-refractivity contribution in [3.63, 3.8) is 0 Å². The van der Waals surface area contributed by atoms with Crippen molar-refractivity contribution in [1.82, 2.24) is 0 Å². The first kappa shape index (κ1) is 24.3. The van der Waals surface area contributed by atoms with E-state index in [-0.39, 0.29) is 24.0 Å². The predicted molar refractivity (Wildman–Crippen MR) is 117 cm³/mol. The lowest BCUT2D eigenvalue weighted by molar-refractivity contribution is -0.167. The summed E-state index contributed by atoms with van der Waals surface area (Å²) in [5.74, 6) is -4.28. The van der Waals surface area contributed by atoms with Gasteiger partial charge in [0.15, 0.2) is 5.41 Å². The zero-order valence-electron chi connectivity index (χ0n) is 17.2. The van der Waals surface area contributed by atoms with Crippen LogP contribution in [0.1, 0.15) is 63.9 Å². The Kier molecular flexibility index (Phi) is 8.29. The summed E-state index contributed by atoms with van der Waals surface area (Å²) in [6.45, 7) is 0. The zero-order valence-corrected chi connectivity index (χ0v) is 17.2. The maximum absolute atomic E-state index is 10.7. The van der Waals surface area contributed by atoms with Crippen LogP contribution >= 0.6 is 0 Å². The molecule has 0 heterocycles. The van der Waals surface area contributed by atoms with Crippen LogP contribution in [0.25, 0.3) is 12.2 Å². The highest BCUT2D eigenvalue weighted by molar-refractivity contribution is 5.98. The maximum atomic E-state index is 10.7. The molecule has 0 spiro atoms. The molecule has 0 amide bonds. The van der Waals surface area contributed by atoms with Crippen LogP contribution in [-0.2, 0) is 9.59 Å². The van der Waals surface area contributed by atoms with Gasteiger partial charge in [-0.2, -0.15) is 0 Å². The monoisotopic (exact) mass is 440 g/mol. The molecular formula is C24H24O8. The number of aromatic carboxylic acids is 2. The Morgan fingerprint density at radius 2 is 0.938 bits per heavy atom. The number of hydrogen-bond acceptors (Lipinski definition) is 4. The summed E-state index contributed by atoms with van der Waals surface area (Å²) in [6.07, 6.45) is 6.58. The van der Waals surface area contributed by atoms with Gasteiger partial charge in [-0.05, 0) is 48.2 Å². The third-order valence-electron chi connectivity index (χ3n) is 5.31. The highest BCUT2D eigenvalue weighted by atomic mass is 16.4. The number of carbonyl (C=O) groups is 4. The summed E-state index contributed by atoms with van der Waals surface area (Å²) >= 11 is 0. The van der Waals surface area contributed by atoms with Crippen LogP contribution in [-0.4, -0.2) is 44.3 Å². The lowest BCUT2D eigenvalue weighted by atomic mass is 9.74. The summed E-state index contributed by atoms with van der Waals surface area (Å²) in [5, 5.41) is 35.1. The van der Waals surface area contributed by atoms with E-state index in [2.05, 4.69) is 0 Å². The number of rotatable bonds is 6.